The van der Waals surface area contributed by atoms with Crippen LogP contribution in [0.2, 0.25) is 0 Å². The summed E-state index contributed by atoms with van der Waals surface area (Å²) in [5.74, 6) is -0.811. The van der Waals surface area contributed by atoms with Crippen LogP contribution in [0.1, 0.15) is 43.8 Å². The molecule has 6 nitrogen and oxygen atoms in total. The molecule has 0 radical (unpaired) electrons. The monoisotopic (exact) mass is 439 g/mol. The Labute approximate surface area is 182 Å². The van der Waals surface area contributed by atoms with Gasteiger partial charge in [-0.25, -0.2) is 9.78 Å². The number of fused-ring (bicyclic) bond motifs is 1. The molecule has 1 amide bonds. The van der Waals surface area contributed by atoms with Crippen molar-refractivity contribution in [2.75, 3.05) is 11.9 Å². The molecule has 0 bridgehead atoms. The normalized spacial score (nSPS) is 11.1. The molecule has 0 saturated heterocycles. The number of nitrogens with zero attached hydrogens (tertiary/aromatic N) is 2. The van der Waals surface area contributed by atoms with E-state index in [1.54, 1.807) is 13.1 Å². The lowest BCUT2D eigenvalue weighted by Crippen LogP contribution is -2.15. The van der Waals surface area contributed by atoms with Crippen LogP contribution in [0.15, 0.2) is 36.0 Å². The van der Waals surface area contributed by atoms with Crippen molar-refractivity contribution in [3.8, 4) is 11.1 Å². The van der Waals surface area contributed by atoms with E-state index in [-0.39, 0.29) is 12.5 Å². The van der Waals surface area contributed by atoms with Crippen LogP contribution in [0.3, 0.4) is 0 Å². The van der Waals surface area contributed by atoms with Crippen molar-refractivity contribution in [3.63, 3.8) is 0 Å². The van der Waals surface area contributed by atoms with Crippen molar-refractivity contribution in [3.05, 3.63) is 63.2 Å². The minimum absolute atomic E-state index is 0.255. The van der Waals surface area contributed by atoms with Gasteiger partial charge in [-0.2, -0.15) is 0 Å². The Bertz CT molecular complexity index is 1230. The van der Waals surface area contributed by atoms with E-state index in [0.717, 1.165) is 32.1 Å². The summed E-state index contributed by atoms with van der Waals surface area (Å²) < 4.78 is 7.12. The predicted octanol–water partition coefficient (Wildman–Crippen LogP) is 5.48. The molecule has 4 rings (SSSR count). The standard InChI is InChI=1S/C22H21N3O3S2/c1-5-28-21(27)18-16(15-7-6-12(2)8-13(15)3)11-29-20(18)24-19(26)17-10-25-9-14(4)30-22(25)23-17/h6-11H,5H2,1-4H3,(H,24,26). The average molecular weight is 440 g/mol. The molecular weight excluding hydrogens is 418 g/mol. The van der Waals surface area contributed by atoms with Crippen molar-refractivity contribution in [1.29, 1.82) is 0 Å². The van der Waals surface area contributed by atoms with Gasteiger partial charge >= 0.3 is 5.97 Å². The van der Waals surface area contributed by atoms with E-state index in [9.17, 15) is 9.59 Å². The highest BCUT2D eigenvalue weighted by Gasteiger charge is 2.24. The van der Waals surface area contributed by atoms with E-state index < -0.39 is 5.97 Å². The molecule has 1 aromatic carbocycles. The molecular formula is C22H21N3O3S2. The minimum atomic E-state index is -0.453. The van der Waals surface area contributed by atoms with Gasteiger partial charge in [-0.05, 0) is 38.8 Å². The summed E-state index contributed by atoms with van der Waals surface area (Å²) in [4.78, 5) is 31.9. The third-order valence-corrected chi connectivity index (χ3v) is 6.48. The third-order valence-electron chi connectivity index (χ3n) is 4.67. The minimum Gasteiger partial charge on any atom is -0.462 e. The molecule has 3 aromatic heterocycles. The smallest absolute Gasteiger partial charge is 0.341 e. The molecule has 8 heteroatoms. The molecule has 0 spiro atoms. The molecule has 0 fully saturated rings. The van der Waals surface area contributed by atoms with Crippen LogP contribution in [0.25, 0.3) is 16.1 Å². The summed E-state index contributed by atoms with van der Waals surface area (Å²) >= 11 is 2.82. The van der Waals surface area contributed by atoms with Gasteiger partial charge in [-0.1, -0.05) is 23.8 Å². The summed E-state index contributed by atoms with van der Waals surface area (Å²) in [6.45, 7) is 8.04. The first-order valence-corrected chi connectivity index (χ1v) is 11.2. The molecule has 30 heavy (non-hydrogen) atoms. The zero-order valence-electron chi connectivity index (χ0n) is 17.1. The first-order chi connectivity index (χ1) is 14.4. The Morgan fingerprint density at radius 2 is 1.97 bits per heavy atom. The Hall–Kier alpha value is -2.97. The lowest BCUT2D eigenvalue weighted by Gasteiger charge is -2.10. The maximum atomic E-state index is 12.8. The lowest BCUT2D eigenvalue weighted by atomic mass is 9.97. The third kappa shape index (κ3) is 3.76. The molecule has 3 heterocycles. The molecule has 0 atom stereocenters. The first-order valence-electron chi connectivity index (χ1n) is 9.50. The molecule has 1 N–H and O–H groups in total. The van der Waals surface area contributed by atoms with Crippen LogP contribution >= 0.6 is 22.7 Å². The SMILES string of the molecule is CCOC(=O)c1c(-c2ccc(C)cc2C)csc1NC(=O)c1cn2cc(C)sc2n1. The van der Waals surface area contributed by atoms with E-state index >= 15 is 0 Å². The Morgan fingerprint density at radius 1 is 1.17 bits per heavy atom. The van der Waals surface area contributed by atoms with Gasteiger partial charge in [0.1, 0.15) is 16.3 Å². The lowest BCUT2D eigenvalue weighted by molar-refractivity contribution is 0.0529. The summed E-state index contributed by atoms with van der Waals surface area (Å²) in [7, 11) is 0. The molecule has 0 aliphatic carbocycles. The Kier molecular flexibility index (Phi) is 5.44. The van der Waals surface area contributed by atoms with E-state index in [4.69, 9.17) is 4.74 Å². The summed E-state index contributed by atoms with van der Waals surface area (Å²) in [5, 5.41) is 5.20. The second kappa shape index (κ2) is 8.04. The second-order valence-electron chi connectivity index (χ2n) is 7.00. The zero-order valence-corrected chi connectivity index (χ0v) is 18.7. The second-order valence-corrected chi connectivity index (χ2v) is 9.10. The number of ether oxygens (including phenoxy) is 1. The van der Waals surface area contributed by atoms with Gasteiger partial charge in [-0.15, -0.1) is 22.7 Å². The maximum Gasteiger partial charge on any atom is 0.341 e. The number of aryl methyl sites for hydroxylation is 3. The molecule has 0 aliphatic heterocycles. The van der Waals surface area contributed by atoms with Gasteiger partial charge in [0, 0.05) is 28.2 Å². The highest BCUT2D eigenvalue weighted by molar-refractivity contribution is 7.17. The van der Waals surface area contributed by atoms with Crippen molar-refractivity contribution < 1.29 is 14.3 Å². The number of carbonyl (C=O) groups excluding carboxylic acids is 2. The number of imidazole rings is 1. The van der Waals surface area contributed by atoms with E-state index in [1.807, 2.05) is 48.9 Å². The van der Waals surface area contributed by atoms with E-state index in [1.165, 1.54) is 22.7 Å². The average Bonchev–Trinajstić information content (AvgIpc) is 3.35. The molecule has 4 aromatic rings. The molecule has 154 valence electrons. The largest absolute Gasteiger partial charge is 0.462 e. The molecule has 0 saturated carbocycles. The Morgan fingerprint density at radius 3 is 2.67 bits per heavy atom. The number of aromatic nitrogens is 2. The molecule has 0 aliphatic rings. The zero-order chi connectivity index (χ0) is 21.4. The van der Waals surface area contributed by atoms with Crippen molar-refractivity contribution in [2.45, 2.75) is 27.7 Å². The summed E-state index contributed by atoms with van der Waals surface area (Å²) in [5.41, 5.74) is 4.58. The van der Waals surface area contributed by atoms with Gasteiger partial charge in [0.2, 0.25) is 0 Å². The topological polar surface area (TPSA) is 72.7 Å². The summed E-state index contributed by atoms with van der Waals surface area (Å²) in [6.07, 6.45) is 3.62. The number of benzene rings is 1. The Balaban J connectivity index is 1.71. The fourth-order valence-corrected chi connectivity index (χ4v) is 5.11. The molecule has 0 unspecified atom stereocenters. The number of carbonyl (C=O) groups is 2. The maximum absolute atomic E-state index is 12.8. The number of nitrogens with one attached hydrogen (secondary N) is 1. The van der Waals surface area contributed by atoms with Gasteiger partial charge in [0.15, 0.2) is 4.96 Å². The number of hydrogen-bond donors (Lipinski definition) is 1. The van der Waals surface area contributed by atoms with Crippen molar-refractivity contribution in [2.24, 2.45) is 0 Å². The quantitative estimate of drug-likeness (QED) is 0.418. The van der Waals surface area contributed by atoms with Gasteiger partial charge in [-0.3, -0.25) is 9.20 Å². The van der Waals surface area contributed by atoms with Gasteiger partial charge in [0.25, 0.3) is 5.91 Å². The van der Waals surface area contributed by atoms with Gasteiger partial charge in [0.05, 0.1) is 6.61 Å². The van der Waals surface area contributed by atoms with Crippen LogP contribution in [0.4, 0.5) is 5.00 Å². The number of thiophene rings is 1. The van der Waals surface area contributed by atoms with Crippen LogP contribution in [0, 0.1) is 20.8 Å². The van der Waals surface area contributed by atoms with Gasteiger partial charge < -0.3 is 10.1 Å². The van der Waals surface area contributed by atoms with E-state index in [2.05, 4.69) is 16.4 Å². The number of anilines is 1. The van der Waals surface area contributed by atoms with Crippen LogP contribution in [-0.2, 0) is 4.74 Å². The van der Waals surface area contributed by atoms with Crippen LogP contribution in [-0.4, -0.2) is 27.9 Å². The number of rotatable bonds is 5. The number of hydrogen-bond acceptors (Lipinski definition) is 6. The van der Waals surface area contributed by atoms with Crippen LogP contribution < -0.4 is 5.32 Å². The number of esters is 1. The number of thiazole rings is 1. The highest BCUT2D eigenvalue weighted by Crippen LogP contribution is 2.38. The predicted molar refractivity (Wildman–Crippen MR) is 121 cm³/mol. The fourth-order valence-electron chi connectivity index (χ4n) is 3.36. The van der Waals surface area contributed by atoms with Crippen LogP contribution in [0.5, 0.6) is 0 Å². The number of amides is 1. The first kappa shape index (κ1) is 20.3. The summed E-state index contributed by atoms with van der Waals surface area (Å²) in [6, 6.07) is 6.07. The van der Waals surface area contributed by atoms with E-state index in [0.29, 0.717) is 16.3 Å². The fraction of sp³-hybridized carbons (Fsp3) is 0.227. The highest BCUT2D eigenvalue weighted by atomic mass is 32.1. The van der Waals surface area contributed by atoms with Crippen molar-refractivity contribution in [1.82, 2.24) is 9.38 Å². The van der Waals surface area contributed by atoms with Crippen molar-refractivity contribution >= 4 is 44.5 Å².